The van der Waals surface area contributed by atoms with E-state index in [1.54, 1.807) is 12.3 Å². The lowest BCUT2D eigenvalue weighted by molar-refractivity contribution is 0.0904. The molecular formula is C16H30N4O2. The van der Waals surface area contributed by atoms with E-state index in [9.17, 15) is 4.79 Å². The summed E-state index contributed by atoms with van der Waals surface area (Å²) < 4.78 is 0. The Hall–Kier alpha value is -1.37. The van der Waals surface area contributed by atoms with Gasteiger partial charge in [-0.15, -0.1) is 0 Å². The third kappa shape index (κ3) is 6.17. The molecule has 0 bridgehead atoms. The molecule has 0 fully saturated rings. The average molecular weight is 310 g/mol. The summed E-state index contributed by atoms with van der Waals surface area (Å²) in [5, 5.41) is 3.40. The van der Waals surface area contributed by atoms with E-state index < -0.39 is 0 Å². The first-order valence-corrected chi connectivity index (χ1v) is 7.93. The molecule has 1 aromatic heterocycles. The van der Waals surface area contributed by atoms with Crippen LogP contribution in [0.2, 0.25) is 0 Å². The van der Waals surface area contributed by atoms with Gasteiger partial charge in [0, 0.05) is 6.20 Å². The molecule has 1 rings (SSSR count). The van der Waals surface area contributed by atoms with E-state index in [1.807, 2.05) is 0 Å². The molecule has 0 aliphatic carbocycles. The summed E-state index contributed by atoms with van der Waals surface area (Å²) in [5.74, 6) is 0.822. The number of rotatable bonds is 10. The number of hydrogen-bond donors (Lipinski definition) is 2. The molecule has 0 saturated carbocycles. The maximum absolute atomic E-state index is 12.7. The summed E-state index contributed by atoms with van der Waals surface area (Å²) >= 11 is 0. The first-order valence-electron chi connectivity index (χ1n) is 7.93. The largest absolute Gasteiger partial charge is 0.412 e. The van der Waals surface area contributed by atoms with Crippen molar-refractivity contribution in [3.63, 3.8) is 0 Å². The Labute approximate surface area is 133 Å². The van der Waals surface area contributed by atoms with E-state index in [4.69, 9.17) is 5.73 Å². The van der Waals surface area contributed by atoms with Crippen LogP contribution in [0.5, 0.6) is 0 Å². The topological polar surface area (TPSA) is 112 Å². The molecule has 2 unspecified atom stereocenters. The Morgan fingerprint density at radius 3 is 2.68 bits per heavy atom. The smallest absolute Gasteiger partial charge is 0.198 e. The van der Waals surface area contributed by atoms with Crippen LogP contribution in [0.15, 0.2) is 12.3 Å². The molecule has 2 atom stereocenters. The van der Waals surface area contributed by atoms with Crippen molar-refractivity contribution < 1.29 is 10.3 Å². The van der Waals surface area contributed by atoms with Gasteiger partial charge in [-0.25, -0.2) is 9.97 Å². The van der Waals surface area contributed by atoms with Crippen LogP contribution in [-0.4, -0.2) is 33.8 Å². The van der Waals surface area contributed by atoms with E-state index in [1.165, 1.54) is 12.8 Å². The molecular weight excluding hydrogens is 280 g/mol. The number of Topliss-reactive ketones (excluding diaryl/α,β-unsaturated/α-hetero) is 1. The van der Waals surface area contributed by atoms with Crippen molar-refractivity contribution in [3.05, 3.63) is 23.8 Å². The lowest BCUT2D eigenvalue weighted by atomic mass is 9.93. The lowest BCUT2D eigenvalue weighted by Crippen LogP contribution is -2.42. The molecule has 0 aliphatic heterocycles. The van der Waals surface area contributed by atoms with Crippen LogP contribution in [0.25, 0.3) is 0 Å². The minimum Gasteiger partial charge on any atom is -0.412 e. The fourth-order valence-electron chi connectivity index (χ4n) is 2.21. The van der Waals surface area contributed by atoms with E-state index in [-0.39, 0.29) is 29.8 Å². The van der Waals surface area contributed by atoms with Gasteiger partial charge in [-0.1, -0.05) is 40.0 Å². The van der Waals surface area contributed by atoms with Gasteiger partial charge in [0.25, 0.3) is 0 Å². The highest BCUT2D eigenvalue weighted by molar-refractivity contribution is 5.98. The van der Waals surface area contributed by atoms with Crippen molar-refractivity contribution in [1.82, 2.24) is 15.3 Å². The van der Waals surface area contributed by atoms with Gasteiger partial charge in [-0.3, -0.25) is 4.79 Å². The third-order valence-corrected chi connectivity index (χ3v) is 3.78. The number of nitrogens with zero attached hydrogens (tertiary/aromatic N) is 2. The lowest BCUT2D eigenvalue weighted by Gasteiger charge is -2.23. The Balaban J connectivity index is 0.00000441. The highest BCUT2D eigenvalue weighted by Crippen LogP contribution is 2.13. The maximum atomic E-state index is 12.7. The van der Waals surface area contributed by atoms with E-state index >= 15 is 0 Å². The average Bonchev–Trinajstić information content (AvgIpc) is 2.53. The number of hydrogen-bond acceptors (Lipinski definition) is 5. The first kappa shape index (κ1) is 20.6. The highest BCUT2D eigenvalue weighted by Gasteiger charge is 2.25. The van der Waals surface area contributed by atoms with Gasteiger partial charge >= 0.3 is 0 Å². The quantitative estimate of drug-likeness (QED) is 0.502. The minimum atomic E-state index is -0.188. The molecule has 0 radical (unpaired) electrons. The van der Waals surface area contributed by atoms with Gasteiger partial charge < -0.3 is 16.5 Å². The summed E-state index contributed by atoms with van der Waals surface area (Å²) in [6.45, 7) is 7.49. The standard InChI is InChI=1S/C16H28N4O.H2O/c1-4-6-7-9-19-15(12(3)5-2)16(21)13-8-10-18-14(11-17)20-13;/h8,10,12,15,19H,4-7,9,11,17H2,1-3H3;1H2. The second-order valence-electron chi connectivity index (χ2n) is 5.45. The molecule has 0 saturated heterocycles. The van der Waals surface area contributed by atoms with Crippen molar-refractivity contribution in [2.45, 2.75) is 59.0 Å². The fraction of sp³-hybridized carbons (Fsp3) is 0.688. The van der Waals surface area contributed by atoms with Gasteiger partial charge in [0.2, 0.25) is 0 Å². The van der Waals surface area contributed by atoms with Crippen LogP contribution in [0, 0.1) is 5.92 Å². The normalized spacial score (nSPS) is 13.3. The van der Waals surface area contributed by atoms with Crippen molar-refractivity contribution in [2.24, 2.45) is 11.7 Å². The minimum absolute atomic E-state index is 0. The van der Waals surface area contributed by atoms with E-state index in [2.05, 4.69) is 36.1 Å². The van der Waals surface area contributed by atoms with Gasteiger partial charge in [0.05, 0.1) is 12.6 Å². The van der Waals surface area contributed by atoms with Gasteiger partial charge in [-0.05, 0) is 24.9 Å². The molecule has 0 aromatic carbocycles. The Morgan fingerprint density at radius 2 is 2.09 bits per heavy atom. The molecule has 5 N–H and O–H groups in total. The second-order valence-corrected chi connectivity index (χ2v) is 5.45. The van der Waals surface area contributed by atoms with Crippen molar-refractivity contribution in [2.75, 3.05) is 6.54 Å². The maximum Gasteiger partial charge on any atom is 0.198 e. The Morgan fingerprint density at radius 1 is 1.36 bits per heavy atom. The molecule has 6 nitrogen and oxygen atoms in total. The number of nitrogens with two attached hydrogens (primary N) is 1. The highest BCUT2D eigenvalue weighted by atomic mass is 16.1. The molecule has 1 heterocycles. The van der Waals surface area contributed by atoms with Gasteiger partial charge in [0.1, 0.15) is 11.5 Å². The number of nitrogens with one attached hydrogen (secondary N) is 1. The SMILES string of the molecule is CCCCCNC(C(=O)c1ccnc(CN)n1)C(C)CC.O. The number of unbranched alkanes of at least 4 members (excludes halogenated alkanes) is 2. The summed E-state index contributed by atoms with van der Waals surface area (Å²) in [6, 6.07) is 1.48. The zero-order chi connectivity index (χ0) is 15.7. The van der Waals surface area contributed by atoms with Crippen LogP contribution in [-0.2, 0) is 6.54 Å². The summed E-state index contributed by atoms with van der Waals surface area (Å²) in [7, 11) is 0. The van der Waals surface area contributed by atoms with E-state index in [0.29, 0.717) is 11.5 Å². The molecule has 0 spiro atoms. The molecule has 1 aromatic rings. The molecule has 126 valence electrons. The predicted molar refractivity (Wildman–Crippen MR) is 88.6 cm³/mol. The summed E-state index contributed by atoms with van der Waals surface area (Å²) in [6.07, 6.45) is 6.00. The van der Waals surface area contributed by atoms with Gasteiger partial charge in [-0.2, -0.15) is 0 Å². The van der Waals surface area contributed by atoms with Crippen LogP contribution in [0.1, 0.15) is 62.8 Å². The number of carbonyl (C=O) groups is 1. The second kappa shape index (κ2) is 11.2. The Kier molecular flexibility index (Phi) is 10.5. The fourth-order valence-corrected chi connectivity index (χ4v) is 2.21. The van der Waals surface area contributed by atoms with Crippen LogP contribution in [0.4, 0.5) is 0 Å². The predicted octanol–water partition coefficient (Wildman–Crippen LogP) is 1.49. The zero-order valence-corrected chi connectivity index (χ0v) is 13.9. The summed E-state index contributed by atoms with van der Waals surface area (Å²) in [5.41, 5.74) is 6.00. The van der Waals surface area contributed by atoms with Gasteiger partial charge in [0.15, 0.2) is 5.78 Å². The van der Waals surface area contributed by atoms with Crippen molar-refractivity contribution >= 4 is 5.78 Å². The van der Waals surface area contributed by atoms with Crippen LogP contribution in [0.3, 0.4) is 0 Å². The summed E-state index contributed by atoms with van der Waals surface area (Å²) in [4.78, 5) is 21.0. The number of ketones is 1. The van der Waals surface area contributed by atoms with Crippen LogP contribution < -0.4 is 11.1 Å². The van der Waals surface area contributed by atoms with E-state index in [0.717, 1.165) is 19.4 Å². The van der Waals surface area contributed by atoms with Crippen LogP contribution >= 0.6 is 0 Å². The number of carbonyl (C=O) groups excluding carboxylic acids is 1. The molecule has 6 heteroatoms. The molecule has 0 amide bonds. The zero-order valence-electron chi connectivity index (χ0n) is 13.9. The number of aromatic nitrogens is 2. The molecule has 22 heavy (non-hydrogen) atoms. The Bertz CT molecular complexity index is 440. The first-order chi connectivity index (χ1) is 10.1. The third-order valence-electron chi connectivity index (χ3n) is 3.78. The monoisotopic (exact) mass is 310 g/mol. The molecule has 0 aliphatic rings. The van der Waals surface area contributed by atoms with Crippen molar-refractivity contribution in [3.8, 4) is 0 Å². The van der Waals surface area contributed by atoms with Crippen molar-refractivity contribution in [1.29, 1.82) is 0 Å².